The maximum Gasteiger partial charge on any atom is 0.272 e. The number of hydrogen-bond acceptors (Lipinski definition) is 5. The van der Waals surface area contributed by atoms with Crippen molar-refractivity contribution in [3.05, 3.63) is 59.2 Å². The molecule has 0 bridgehead atoms. The van der Waals surface area contributed by atoms with Crippen LogP contribution in [0.3, 0.4) is 0 Å². The zero-order chi connectivity index (χ0) is 27.8. The highest BCUT2D eigenvalue weighted by Gasteiger charge is 2.34. The van der Waals surface area contributed by atoms with Crippen molar-refractivity contribution in [3.63, 3.8) is 0 Å². The Balaban J connectivity index is 1.68. The number of carbonyl (C=O) groups is 2. The maximum atomic E-state index is 13.2. The van der Waals surface area contributed by atoms with E-state index in [0.717, 1.165) is 28.8 Å². The van der Waals surface area contributed by atoms with Gasteiger partial charge in [0.2, 0.25) is 11.8 Å². The lowest BCUT2D eigenvalue weighted by Crippen LogP contribution is -2.45. The normalized spacial score (nSPS) is 14.2. The van der Waals surface area contributed by atoms with Gasteiger partial charge in [-0.3, -0.25) is 9.59 Å². The van der Waals surface area contributed by atoms with E-state index in [2.05, 4.69) is 31.0 Å². The van der Waals surface area contributed by atoms with Gasteiger partial charge in [0.05, 0.1) is 0 Å². The molecule has 0 atom stereocenters. The van der Waals surface area contributed by atoms with Gasteiger partial charge in [-0.15, -0.1) is 3.89 Å². The van der Waals surface area contributed by atoms with Gasteiger partial charge < -0.3 is 19.1 Å². The second-order valence-electron chi connectivity index (χ2n) is 10.7. The fraction of sp³-hybridized carbons (Fsp3) is 0.467. The Bertz CT molecular complexity index is 1180. The van der Waals surface area contributed by atoms with Crippen molar-refractivity contribution in [1.82, 2.24) is 5.32 Å². The Labute approximate surface area is 230 Å². The van der Waals surface area contributed by atoms with Crippen LogP contribution < -0.4 is 14.4 Å². The second-order valence-corrected chi connectivity index (χ2v) is 11.0. The van der Waals surface area contributed by atoms with Gasteiger partial charge in [-0.2, -0.15) is 0 Å². The van der Waals surface area contributed by atoms with Crippen LogP contribution in [0.2, 0.25) is 0 Å². The molecule has 8 heteroatoms. The number of hydrogen-bond donors (Lipinski definition) is 1. The van der Waals surface area contributed by atoms with Crippen LogP contribution >= 0.6 is 12.4 Å². The van der Waals surface area contributed by atoms with Gasteiger partial charge in [-0.1, -0.05) is 25.7 Å². The fourth-order valence-corrected chi connectivity index (χ4v) is 4.58. The summed E-state index contributed by atoms with van der Waals surface area (Å²) in [4.78, 5) is 27.5. The molecule has 1 aliphatic rings. The zero-order valence-electron chi connectivity index (χ0n) is 22.9. The summed E-state index contributed by atoms with van der Waals surface area (Å²) in [7, 11) is 0. The largest absolute Gasteiger partial charge is 0.397 e. The topological polar surface area (TPSA) is 67.9 Å². The highest BCUT2D eigenvalue weighted by Crippen LogP contribution is 2.40. The standard InChI is InChI=1S/C30H37FN2O4S/c1-6-36-20-18-30(4,5)32-27(34)15-16-28(35)33-19-17-29(2,3)25-21-23(11-14-26(25)33)8-7-22-9-12-24(13-10-22)37-38-31/h9-14,21H,6,15-20H2,1-5H3,(H,32,34). The summed E-state index contributed by atoms with van der Waals surface area (Å²) in [5.41, 5.74) is 3.06. The van der Waals surface area contributed by atoms with Crippen LogP contribution in [-0.2, 0) is 19.7 Å². The predicted octanol–water partition coefficient (Wildman–Crippen LogP) is 6.11. The van der Waals surface area contributed by atoms with Gasteiger partial charge in [0.15, 0.2) is 0 Å². The number of fused-ring (bicyclic) bond motifs is 1. The highest BCUT2D eigenvalue weighted by molar-refractivity contribution is 7.89. The first-order chi connectivity index (χ1) is 18.0. The number of nitrogens with zero attached hydrogens (tertiary/aromatic N) is 1. The third-order valence-corrected chi connectivity index (χ3v) is 6.99. The summed E-state index contributed by atoms with van der Waals surface area (Å²) < 4.78 is 22.4. The number of carbonyl (C=O) groups excluding carboxylic acids is 2. The van der Waals surface area contributed by atoms with E-state index in [1.807, 2.05) is 39.0 Å². The van der Waals surface area contributed by atoms with Crippen LogP contribution in [0.15, 0.2) is 42.5 Å². The van der Waals surface area contributed by atoms with Crippen molar-refractivity contribution in [2.24, 2.45) is 0 Å². The summed E-state index contributed by atoms with van der Waals surface area (Å²) in [6, 6.07) is 12.8. The molecule has 0 saturated heterocycles. The van der Waals surface area contributed by atoms with E-state index in [4.69, 9.17) is 8.92 Å². The Morgan fingerprint density at radius 2 is 1.79 bits per heavy atom. The summed E-state index contributed by atoms with van der Waals surface area (Å²) in [5.74, 6) is 6.55. The molecule has 3 rings (SSSR count). The van der Waals surface area contributed by atoms with Gasteiger partial charge in [0.1, 0.15) is 5.75 Å². The van der Waals surface area contributed by atoms with E-state index < -0.39 is 5.54 Å². The van der Waals surface area contributed by atoms with E-state index >= 15 is 0 Å². The van der Waals surface area contributed by atoms with E-state index in [-0.39, 0.29) is 42.5 Å². The lowest BCUT2D eigenvalue weighted by atomic mass is 9.77. The molecule has 2 aromatic carbocycles. The van der Waals surface area contributed by atoms with Crippen molar-refractivity contribution in [2.45, 2.75) is 71.3 Å². The summed E-state index contributed by atoms with van der Waals surface area (Å²) in [6.07, 6.45) is 1.81. The molecule has 2 amide bonds. The summed E-state index contributed by atoms with van der Waals surface area (Å²) >= 11 is -0.193. The molecule has 0 unspecified atom stereocenters. The van der Waals surface area contributed by atoms with Crippen molar-refractivity contribution in [2.75, 3.05) is 24.7 Å². The molecule has 1 N–H and O–H groups in total. The van der Waals surface area contributed by atoms with E-state index in [0.29, 0.717) is 31.9 Å². The minimum atomic E-state index is -0.391. The van der Waals surface area contributed by atoms with Crippen LogP contribution in [-0.4, -0.2) is 37.1 Å². The highest BCUT2D eigenvalue weighted by atomic mass is 32.2. The van der Waals surface area contributed by atoms with Crippen LogP contribution in [0, 0.1) is 11.8 Å². The monoisotopic (exact) mass is 540 g/mol. The first-order valence-corrected chi connectivity index (χ1v) is 13.6. The number of nitrogens with one attached hydrogen (secondary N) is 1. The second kappa shape index (κ2) is 13.2. The van der Waals surface area contributed by atoms with Crippen molar-refractivity contribution < 1.29 is 22.4 Å². The summed E-state index contributed by atoms with van der Waals surface area (Å²) in [5, 5.41) is 3.02. The molecule has 1 aliphatic heterocycles. The number of anilines is 1. The fourth-order valence-electron chi connectivity index (χ4n) is 4.40. The van der Waals surface area contributed by atoms with Crippen molar-refractivity contribution >= 4 is 29.9 Å². The Kier molecular flexibility index (Phi) is 10.2. The molecular formula is C30H37FN2O4S. The van der Waals surface area contributed by atoms with Gasteiger partial charge >= 0.3 is 0 Å². The molecule has 204 valence electrons. The van der Waals surface area contributed by atoms with E-state index in [9.17, 15) is 13.5 Å². The van der Waals surface area contributed by atoms with Crippen LogP contribution in [0.1, 0.15) is 77.0 Å². The number of benzene rings is 2. The first-order valence-electron chi connectivity index (χ1n) is 13.0. The third kappa shape index (κ3) is 8.24. The molecule has 0 saturated carbocycles. The number of halogens is 1. The molecule has 0 radical (unpaired) electrons. The zero-order valence-corrected chi connectivity index (χ0v) is 23.7. The molecule has 0 aliphatic carbocycles. The molecule has 0 aromatic heterocycles. The average Bonchev–Trinajstić information content (AvgIpc) is 2.87. The molecular weight excluding hydrogens is 503 g/mol. The lowest BCUT2D eigenvalue weighted by Gasteiger charge is -2.39. The maximum absolute atomic E-state index is 13.2. The Morgan fingerprint density at radius 3 is 2.47 bits per heavy atom. The number of rotatable bonds is 10. The molecule has 2 aromatic rings. The van der Waals surface area contributed by atoms with Crippen LogP contribution in [0.4, 0.5) is 9.57 Å². The van der Waals surface area contributed by atoms with Crippen molar-refractivity contribution in [3.8, 4) is 17.6 Å². The first kappa shape index (κ1) is 29.5. The Morgan fingerprint density at radius 1 is 1.11 bits per heavy atom. The minimum Gasteiger partial charge on any atom is -0.397 e. The minimum absolute atomic E-state index is 0.0587. The van der Waals surface area contributed by atoms with Gasteiger partial charge in [0.25, 0.3) is 12.4 Å². The molecule has 0 spiro atoms. The van der Waals surface area contributed by atoms with Crippen molar-refractivity contribution in [1.29, 1.82) is 0 Å². The van der Waals surface area contributed by atoms with E-state index in [1.54, 1.807) is 29.2 Å². The predicted molar refractivity (Wildman–Crippen MR) is 151 cm³/mol. The van der Waals surface area contributed by atoms with Crippen LogP contribution in [0.5, 0.6) is 5.75 Å². The van der Waals surface area contributed by atoms with Gasteiger partial charge in [0, 0.05) is 55.0 Å². The van der Waals surface area contributed by atoms with Gasteiger partial charge in [-0.05, 0) is 87.1 Å². The number of amides is 2. The summed E-state index contributed by atoms with van der Waals surface area (Å²) in [6.45, 7) is 12.0. The van der Waals surface area contributed by atoms with E-state index in [1.165, 1.54) is 0 Å². The molecule has 1 heterocycles. The van der Waals surface area contributed by atoms with Crippen LogP contribution in [0.25, 0.3) is 0 Å². The number of ether oxygens (including phenoxy) is 1. The molecule has 6 nitrogen and oxygen atoms in total. The average molecular weight is 541 g/mol. The molecule has 0 fully saturated rings. The van der Waals surface area contributed by atoms with Gasteiger partial charge in [-0.25, -0.2) is 0 Å². The molecule has 38 heavy (non-hydrogen) atoms. The quantitative estimate of drug-likeness (QED) is 0.224. The lowest BCUT2D eigenvalue weighted by molar-refractivity contribution is -0.126. The third-order valence-electron chi connectivity index (χ3n) is 6.73. The Hall–Kier alpha value is -3.02. The SMILES string of the molecule is CCOCCC(C)(C)NC(=O)CCC(=O)N1CCC(C)(C)c2cc(C#Cc3ccc(OSF)cc3)ccc21. The smallest absolute Gasteiger partial charge is 0.272 e.